The van der Waals surface area contributed by atoms with Crippen molar-refractivity contribution in [3.8, 4) is 0 Å². The van der Waals surface area contributed by atoms with E-state index in [9.17, 15) is 14.4 Å². The van der Waals surface area contributed by atoms with Crippen molar-refractivity contribution in [2.45, 2.75) is 26.5 Å². The maximum Gasteiger partial charge on any atom is 0.304 e. The van der Waals surface area contributed by atoms with E-state index in [0.29, 0.717) is 0 Å². The van der Waals surface area contributed by atoms with Crippen molar-refractivity contribution in [2.24, 2.45) is 0 Å². The van der Waals surface area contributed by atoms with E-state index in [1.54, 1.807) is 6.92 Å². The number of rotatable bonds is 2. The van der Waals surface area contributed by atoms with Crippen LogP contribution in [0, 0.1) is 0 Å². The molecule has 0 spiro atoms. The molecule has 0 aromatic heterocycles. The van der Waals surface area contributed by atoms with Crippen LogP contribution >= 0.6 is 0 Å². The second-order valence-corrected chi connectivity index (χ2v) is 2.81. The fourth-order valence-electron chi connectivity index (χ4n) is 1.15. The van der Waals surface area contributed by atoms with E-state index < -0.39 is 18.1 Å². The van der Waals surface area contributed by atoms with Crippen molar-refractivity contribution in [1.29, 1.82) is 0 Å². The van der Waals surface area contributed by atoms with Crippen molar-refractivity contribution < 1.29 is 19.1 Å². The topological polar surface area (TPSA) is 63.7 Å². The molecule has 5 heteroatoms. The highest BCUT2D eigenvalue weighted by Gasteiger charge is 2.32. The normalized spacial score (nSPS) is 20.0. The molecular formula is C9H11NO4. The van der Waals surface area contributed by atoms with Crippen LogP contribution in [0.1, 0.15) is 20.3 Å². The monoisotopic (exact) mass is 197 g/mol. The van der Waals surface area contributed by atoms with Gasteiger partial charge in [-0.1, -0.05) is 6.92 Å². The first-order valence-corrected chi connectivity index (χ1v) is 4.27. The number of carbonyl (C=O) groups excluding carboxylic acids is 3. The van der Waals surface area contributed by atoms with Gasteiger partial charge in [0, 0.05) is 19.4 Å². The highest BCUT2D eigenvalue weighted by Crippen LogP contribution is 2.13. The number of imide groups is 1. The number of amides is 2. The summed E-state index contributed by atoms with van der Waals surface area (Å²) in [5.41, 5.74) is 0. The molecule has 76 valence electrons. The Kier molecular flexibility index (Phi) is 3.01. The third kappa shape index (κ3) is 1.99. The first-order chi connectivity index (χ1) is 6.56. The number of hydrogen-bond donors (Lipinski definition) is 0. The molecule has 14 heavy (non-hydrogen) atoms. The first-order valence-electron chi connectivity index (χ1n) is 4.27. The average molecular weight is 197 g/mol. The molecule has 0 saturated heterocycles. The van der Waals surface area contributed by atoms with E-state index in [1.807, 2.05) is 0 Å². The van der Waals surface area contributed by atoms with Crippen LogP contribution in [0.15, 0.2) is 12.2 Å². The average Bonchev–Trinajstić information content (AvgIpc) is 2.45. The lowest BCUT2D eigenvalue weighted by molar-refractivity contribution is -0.160. The number of carbonyl (C=O) groups is 3. The molecule has 1 atom stereocenters. The molecule has 0 bridgehead atoms. The van der Waals surface area contributed by atoms with E-state index >= 15 is 0 Å². The van der Waals surface area contributed by atoms with E-state index in [2.05, 4.69) is 0 Å². The van der Waals surface area contributed by atoms with Crippen LogP contribution < -0.4 is 0 Å². The Morgan fingerprint density at radius 3 is 2.71 bits per heavy atom. The highest BCUT2D eigenvalue weighted by atomic mass is 16.6. The molecule has 0 unspecified atom stereocenters. The third-order valence-electron chi connectivity index (χ3n) is 1.75. The number of esters is 1. The van der Waals surface area contributed by atoms with Crippen LogP contribution in [0.3, 0.4) is 0 Å². The Morgan fingerprint density at radius 1 is 1.57 bits per heavy atom. The predicted molar refractivity (Wildman–Crippen MR) is 46.8 cm³/mol. The number of nitrogens with zero attached hydrogens (tertiary/aromatic N) is 1. The molecule has 1 rings (SSSR count). The third-order valence-corrected chi connectivity index (χ3v) is 1.75. The lowest BCUT2D eigenvalue weighted by Crippen LogP contribution is -2.41. The summed E-state index contributed by atoms with van der Waals surface area (Å²) in [4.78, 5) is 34.1. The van der Waals surface area contributed by atoms with E-state index in [4.69, 9.17) is 4.74 Å². The molecule has 1 heterocycles. The van der Waals surface area contributed by atoms with Crippen LogP contribution in [0.5, 0.6) is 0 Å². The summed E-state index contributed by atoms with van der Waals surface area (Å²) in [5, 5.41) is 0. The molecule has 0 aromatic rings. The number of hydrogen-bond acceptors (Lipinski definition) is 4. The first kappa shape index (κ1) is 10.4. The molecule has 0 aromatic carbocycles. The van der Waals surface area contributed by atoms with Crippen molar-refractivity contribution in [3.05, 3.63) is 12.2 Å². The molecular weight excluding hydrogens is 186 g/mol. The summed E-state index contributed by atoms with van der Waals surface area (Å²) in [7, 11) is 0. The van der Waals surface area contributed by atoms with Gasteiger partial charge < -0.3 is 4.74 Å². The molecule has 0 radical (unpaired) electrons. The van der Waals surface area contributed by atoms with Crippen LogP contribution in [0.2, 0.25) is 0 Å². The maximum absolute atomic E-state index is 11.3. The molecule has 1 aliphatic heterocycles. The second kappa shape index (κ2) is 4.04. The largest absolute Gasteiger partial charge is 0.437 e. The van der Waals surface area contributed by atoms with Gasteiger partial charge in [0.05, 0.1) is 0 Å². The zero-order valence-electron chi connectivity index (χ0n) is 8.02. The van der Waals surface area contributed by atoms with Gasteiger partial charge in [0.15, 0.2) is 0 Å². The fraction of sp³-hybridized carbons (Fsp3) is 0.444. The number of ether oxygens (including phenoxy) is 1. The van der Waals surface area contributed by atoms with Crippen molar-refractivity contribution in [2.75, 3.05) is 0 Å². The summed E-state index contributed by atoms with van der Waals surface area (Å²) >= 11 is 0. The van der Waals surface area contributed by atoms with Crippen LogP contribution in [0.25, 0.3) is 0 Å². The van der Waals surface area contributed by atoms with Gasteiger partial charge in [0.2, 0.25) is 12.1 Å². The van der Waals surface area contributed by atoms with Crippen molar-refractivity contribution >= 4 is 17.8 Å². The summed E-state index contributed by atoms with van der Waals surface area (Å²) in [5.74, 6) is -1.32. The molecule has 0 N–H and O–H groups in total. The van der Waals surface area contributed by atoms with Crippen molar-refractivity contribution in [3.63, 3.8) is 0 Å². The minimum Gasteiger partial charge on any atom is -0.437 e. The molecule has 5 nitrogen and oxygen atoms in total. The fourth-order valence-corrected chi connectivity index (χ4v) is 1.15. The Balaban J connectivity index is 2.75. The Hall–Kier alpha value is -1.65. The smallest absolute Gasteiger partial charge is 0.304 e. The zero-order valence-corrected chi connectivity index (χ0v) is 8.02. The Morgan fingerprint density at radius 2 is 2.21 bits per heavy atom. The van der Waals surface area contributed by atoms with Crippen LogP contribution in [-0.4, -0.2) is 28.9 Å². The predicted octanol–water partition coefficient (Wildman–Crippen LogP) is 0.211. The molecule has 2 amide bonds. The second-order valence-electron chi connectivity index (χ2n) is 2.81. The quantitative estimate of drug-likeness (QED) is 0.593. The standard InChI is InChI=1S/C9H11NO4/c1-3-7(12)10-8(13)4-5-9(10)14-6(2)11/h4-5,9H,3H2,1-2H3/t9-/m1/s1. The van der Waals surface area contributed by atoms with Gasteiger partial charge in [-0.25, -0.2) is 4.90 Å². The molecule has 1 aliphatic rings. The van der Waals surface area contributed by atoms with Gasteiger partial charge in [-0.05, 0) is 6.08 Å². The zero-order chi connectivity index (χ0) is 10.7. The summed E-state index contributed by atoms with van der Waals surface area (Å²) in [6.45, 7) is 2.87. The Bertz CT molecular complexity index is 308. The SMILES string of the molecule is CCC(=O)N1C(=O)C=C[C@H]1OC(C)=O. The molecule has 0 fully saturated rings. The minimum absolute atomic E-state index is 0.200. The van der Waals surface area contributed by atoms with Gasteiger partial charge in [-0.2, -0.15) is 0 Å². The van der Waals surface area contributed by atoms with E-state index in [-0.39, 0.29) is 12.3 Å². The lowest BCUT2D eigenvalue weighted by Gasteiger charge is -2.21. The van der Waals surface area contributed by atoms with E-state index in [0.717, 1.165) is 4.90 Å². The van der Waals surface area contributed by atoms with Crippen molar-refractivity contribution in [1.82, 2.24) is 4.90 Å². The molecule has 0 aliphatic carbocycles. The highest BCUT2D eigenvalue weighted by molar-refractivity contribution is 6.03. The van der Waals surface area contributed by atoms with Gasteiger partial charge >= 0.3 is 5.97 Å². The van der Waals surface area contributed by atoms with Gasteiger partial charge in [0.1, 0.15) is 0 Å². The molecule has 0 saturated carbocycles. The van der Waals surface area contributed by atoms with E-state index in [1.165, 1.54) is 19.1 Å². The minimum atomic E-state index is -0.868. The Labute approximate surface area is 81.3 Å². The van der Waals surface area contributed by atoms with Crippen LogP contribution in [0.4, 0.5) is 0 Å². The van der Waals surface area contributed by atoms with Gasteiger partial charge in [-0.15, -0.1) is 0 Å². The summed E-state index contributed by atoms with van der Waals surface area (Å²) < 4.78 is 4.78. The van der Waals surface area contributed by atoms with Gasteiger partial charge in [0.25, 0.3) is 5.91 Å². The maximum atomic E-state index is 11.3. The summed E-state index contributed by atoms with van der Waals surface area (Å²) in [6.07, 6.45) is 1.94. The summed E-state index contributed by atoms with van der Waals surface area (Å²) in [6, 6.07) is 0. The van der Waals surface area contributed by atoms with Crippen LogP contribution in [-0.2, 0) is 19.1 Å². The van der Waals surface area contributed by atoms with Gasteiger partial charge in [-0.3, -0.25) is 14.4 Å². The lowest BCUT2D eigenvalue weighted by atomic mass is 10.4.